The van der Waals surface area contributed by atoms with Gasteiger partial charge >= 0.3 is 6.18 Å². The minimum absolute atomic E-state index is 0.0933. The molecule has 10 nitrogen and oxygen atoms in total. The topological polar surface area (TPSA) is 137 Å². The molecule has 1 aliphatic rings. The number of carbonyl (C=O) groups excluding carboxylic acids is 1. The van der Waals surface area contributed by atoms with Crippen molar-refractivity contribution in [1.29, 1.82) is 0 Å². The second kappa shape index (κ2) is 10.0. The first-order chi connectivity index (χ1) is 18.8. The van der Waals surface area contributed by atoms with E-state index >= 15 is 0 Å². The molecule has 1 aromatic carbocycles. The zero-order chi connectivity index (χ0) is 28.7. The van der Waals surface area contributed by atoms with Crippen LogP contribution in [0.4, 0.5) is 35.0 Å². The van der Waals surface area contributed by atoms with E-state index in [0.29, 0.717) is 29.3 Å². The van der Waals surface area contributed by atoms with Gasteiger partial charge in [-0.15, -0.1) is 0 Å². The van der Waals surface area contributed by atoms with E-state index in [4.69, 9.17) is 10.3 Å². The van der Waals surface area contributed by atoms with Crippen molar-refractivity contribution < 1.29 is 26.9 Å². The molecule has 14 heteroatoms. The van der Waals surface area contributed by atoms with Crippen LogP contribution in [0, 0.1) is 5.82 Å². The van der Waals surface area contributed by atoms with Gasteiger partial charge in [-0.25, -0.2) is 14.4 Å². The Hall–Kier alpha value is -4.33. The van der Waals surface area contributed by atoms with Gasteiger partial charge in [-0.3, -0.25) is 9.48 Å². The van der Waals surface area contributed by atoms with E-state index in [1.54, 1.807) is 23.1 Å². The first kappa shape index (κ1) is 27.2. The average Bonchev–Trinajstić information content (AvgIpc) is 3.39. The van der Waals surface area contributed by atoms with E-state index < -0.39 is 28.9 Å². The number of carbonyl (C=O) groups is 1. The predicted molar refractivity (Wildman–Crippen MR) is 137 cm³/mol. The van der Waals surface area contributed by atoms with Crippen molar-refractivity contribution in [3.8, 4) is 11.1 Å². The Morgan fingerprint density at radius 3 is 2.48 bits per heavy atom. The molecule has 1 fully saturated rings. The zero-order valence-corrected chi connectivity index (χ0v) is 21.6. The Morgan fingerprint density at radius 2 is 1.85 bits per heavy atom. The fourth-order valence-corrected chi connectivity index (χ4v) is 4.19. The molecule has 0 saturated heterocycles. The van der Waals surface area contributed by atoms with Gasteiger partial charge in [0.05, 0.1) is 24.8 Å². The van der Waals surface area contributed by atoms with Gasteiger partial charge in [0, 0.05) is 35.8 Å². The van der Waals surface area contributed by atoms with E-state index in [9.17, 15) is 22.4 Å². The van der Waals surface area contributed by atoms with E-state index in [1.807, 2.05) is 13.8 Å². The lowest BCUT2D eigenvalue weighted by atomic mass is 10.0. The van der Waals surface area contributed by atoms with Crippen LogP contribution in [0.3, 0.4) is 0 Å². The van der Waals surface area contributed by atoms with E-state index in [-0.39, 0.29) is 36.4 Å². The Labute approximate surface area is 226 Å². The minimum atomic E-state index is -4.47. The number of aromatic nitrogens is 5. The van der Waals surface area contributed by atoms with Crippen LogP contribution in [0.2, 0.25) is 0 Å². The third-order valence-electron chi connectivity index (χ3n) is 6.39. The third-order valence-corrected chi connectivity index (χ3v) is 6.39. The zero-order valence-electron chi connectivity index (χ0n) is 21.6. The molecule has 1 saturated carbocycles. The highest BCUT2D eigenvalue weighted by Crippen LogP contribution is 2.59. The SMILES string of the molecule is CC(C)(N)Cn1cc(Nc2ncc(-c3ccc(CC(=O)Nc4cc(C5(C(F)(F)F)CC5)on4)c(F)c3)cn2)cn1. The maximum atomic E-state index is 14.8. The van der Waals surface area contributed by atoms with Crippen LogP contribution in [0.1, 0.15) is 38.0 Å². The maximum Gasteiger partial charge on any atom is 0.401 e. The fourth-order valence-electron chi connectivity index (χ4n) is 4.19. The Bertz CT molecular complexity index is 1520. The van der Waals surface area contributed by atoms with E-state index in [2.05, 4.69) is 30.9 Å². The Balaban J connectivity index is 1.19. The van der Waals surface area contributed by atoms with Gasteiger partial charge in [-0.05, 0) is 43.9 Å². The lowest BCUT2D eigenvalue weighted by Crippen LogP contribution is -2.37. The number of rotatable bonds is 9. The Morgan fingerprint density at radius 1 is 1.12 bits per heavy atom. The molecule has 210 valence electrons. The lowest BCUT2D eigenvalue weighted by Gasteiger charge is -2.17. The van der Waals surface area contributed by atoms with Crippen molar-refractivity contribution in [3.05, 3.63) is 66.2 Å². The minimum Gasteiger partial charge on any atom is -0.358 e. The third kappa shape index (κ3) is 5.96. The first-order valence-corrected chi connectivity index (χ1v) is 12.3. The van der Waals surface area contributed by atoms with Crippen molar-refractivity contribution in [2.75, 3.05) is 10.6 Å². The number of hydrogen-bond donors (Lipinski definition) is 3. The summed E-state index contributed by atoms with van der Waals surface area (Å²) < 4.78 is 61.1. The molecular formula is C26H26F4N8O2. The molecule has 0 radical (unpaired) electrons. The van der Waals surface area contributed by atoms with Gasteiger partial charge in [0.15, 0.2) is 11.6 Å². The summed E-state index contributed by atoms with van der Waals surface area (Å²) in [6, 6.07) is 5.37. The van der Waals surface area contributed by atoms with Crippen LogP contribution in [0.5, 0.6) is 0 Å². The predicted octanol–water partition coefficient (Wildman–Crippen LogP) is 4.72. The molecule has 0 atom stereocenters. The molecule has 0 unspecified atom stereocenters. The first-order valence-electron chi connectivity index (χ1n) is 12.3. The van der Waals surface area contributed by atoms with Crippen molar-refractivity contribution >= 4 is 23.4 Å². The highest BCUT2D eigenvalue weighted by atomic mass is 19.4. The number of halogens is 4. The van der Waals surface area contributed by atoms with Crippen molar-refractivity contribution in [2.45, 2.75) is 56.8 Å². The summed E-state index contributed by atoms with van der Waals surface area (Å²) in [5.41, 5.74) is 5.37. The number of amides is 1. The number of anilines is 3. The molecule has 3 heterocycles. The van der Waals surface area contributed by atoms with Gasteiger partial charge in [-0.1, -0.05) is 17.3 Å². The van der Waals surface area contributed by atoms with Crippen LogP contribution in [0.15, 0.2) is 53.6 Å². The van der Waals surface area contributed by atoms with Gasteiger partial charge in [0.2, 0.25) is 11.9 Å². The van der Waals surface area contributed by atoms with Crippen LogP contribution < -0.4 is 16.4 Å². The normalized spacial score (nSPS) is 14.7. The standard InChI is InChI=1S/C26H26F4N8O2/c1-24(2,31)14-38-13-18(12-34-38)35-23-32-10-17(11-33-23)15-3-4-16(19(27)7-15)8-22(39)36-21-9-20(40-37-21)25(5-6-25)26(28,29)30/h3-4,7,9-13H,5-6,8,14,31H2,1-2H3,(H,32,33,35)(H,36,37,39). The lowest BCUT2D eigenvalue weighted by molar-refractivity contribution is -0.165. The second-order valence-corrected chi connectivity index (χ2v) is 10.5. The molecule has 1 amide bonds. The van der Waals surface area contributed by atoms with E-state index in [1.165, 1.54) is 24.5 Å². The number of hydrogen-bond acceptors (Lipinski definition) is 8. The van der Waals surface area contributed by atoms with Crippen LogP contribution in [-0.2, 0) is 23.2 Å². The van der Waals surface area contributed by atoms with Crippen molar-refractivity contribution in [2.24, 2.45) is 5.73 Å². The van der Waals surface area contributed by atoms with Gasteiger partial charge in [-0.2, -0.15) is 18.3 Å². The highest BCUT2D eigenvalue weighted by molar-refractivity contribution is 5.91. The molecule has 0 bridgehead atoms. The summed E-state index contributed by atoms with van der Waals surface area (Å²) in [4.78, 5) is 20.9. The molecule has 1 aliphatic carbocycles. The average molecular weight is 559 g/mol. The molecule has 5 rings (SSSR count). The number of nitrogens with two attached hydrogens (primary N) is 1. The largest absolute Gasteiger partial charge is 0.401 e. The van der Waals surface area contributed by atoms with Crippen LogP contribution in [0.25, 0.3) is 11.1 Å². The summed E-state index contributed by atoms with van der Waals surface area (Å²) in [5, 5.41) is 13.2. The smallest absolute Gasteiger partial charge is 0.358 e. The summed E-state index contributed by atoms with van der Waals surface area (Å²) in [7, 11) is 0. The molecule has 0 spiro atoms. The van der Waals surface area contributed by atoms with Gasteiger partial charge < -0.3 is 20.9 Å². The molecule has 40 heavy (non-hydrogen) atoms. The monoisotopic (exact) mass is 558 g/mol. The number of benzene rings is 1. The summed E-state index contributed by atoms with van der Waals surface area (Å²) in [5.74, 6) is -1.47. The molecule has 3 aromatic heterocycles. The van der Waals surface area contributed by atoms with Crippen LogP contribution in [-0.4, -0.2) is 42.5 Å². The summed E-state index contributed by atoms with van der Waals surface area (Å²) >= 11 is 0. The number of nitrogens with one attached hydrogen (secondary N) is 2. The fraction of sp³-hybridized carbons (Fsp3) is 0.346. The van der Waals surface area contributed by atoms with Crippen molar-refractivity contribution in [3.63, 3.8) is 0 Å². The van der Waals surface area contributed by atoms with Gasteiger partial charge in [0.25, 0.3) is 0 Å². The molecule has 4 aromatic rings. The summed E-state index contributed by atoms with van der Waals surface area (Å²) in [6.45, 7) is 4.32. The summed E-state index contributed by atoms with van der Waals surface area (Å²) in [6.07, 6.45) is 1.45. The number of alkyl halides is 3. The quantitative estimate of drug-likeness (QED) is 0.251. The number of nitrogens with zero attached hydrogens (tertiary/aromatic N) is 5. The van der Waals surface area contributed by atoms with Crippen molar-refractivity contribution in [1.82, 2.24) is 24.9 Å². The second-order valence-electron chi connectivity index (χ2n) is 10.5. The van der Waals surface area contributed by atoms with E-state index in [0.717, 1.165) is 6.07 Å². The Kier molecular flexibility index (Phi) is 6.82. The maximum absolute atomic E-state index is 14.8. The molecule has 4 N–H and O–H groups in total. The highest BCUT2D eigenvalue weighted by Gasteiger charge is 2.66. The van der Waals surface area contributed by atoms with Gasteiger partial charge in [0.1, 0.15) is 11.2 Å². The van der Waals surface area contributed by atoms with Crippen LogP contribution >= 0.6 is 0 Å². The molecule has 0 aliphatic heterocycles. The molecular weight excluding hydrogens is 532 g/mol.